The first kappa shape index (κ1) is 20.2. The van der Waals surface area contributed by atoms with Crippen LogP contribution in [0.3, 0.4) is 0 Å². The molecule has 2 heterocycles. The number of benzene rings is 2. The minimum Gasteiger partial charge on any atom is -0.478 e. The fraction of sp³-hybridized carbons (Fsp3) is 0.125. The van der Waals surface area contributed by atoms with Crippen molar-refractivity contribution in [2.24, 2.45) is 0 Å². The molecule has 0 radical (unpaired) electrons. The predicted molar refractivity (Wildman–Crippen MR) is 119 cm³/mol. The number of hydrogen-bond acceptors (Lipinski definition) is 5. The number of fused-ring (bicyclic) bond motifs is 1. The van der Waals surface area contributed by atoms with E-state index in [-0.39, 0.29) is 16.9 Å². The van der Waals surface area contributed by atoms with E-state index in [9.17, 15) is 9.18 Å². The van der Waals surface area contributed by atoms with Crippen molar-refractivity contribution >= 4 is 34.2 Å². The number of carbonyl (C=O) groups is 1. The number of rotatable bonds is 6. The minimum atomic E-state index is -0.964. The lowest BCUT2D eigenvalue weighted by molar-refractivity contribution is 0.0697. The molecule has 0 amide bonds. The summed E-state index contributed by atoms with van der Waals surface area (Å²) in [5.74, 6) is -0.0472. The van der Waals surface area contributed by atoms with Crippen LogP contribution in [0.2, 0.25) is 5.02 Å². The van der Waals surface area contributed by atoms with Crippen LogP contribution in [0.5, 0.6) is 11.6 Å². The van der Waals surface area contributed by atoms with E-state index in [1.807, 2.05) is 12.1 Å². The Morgan fingerprint density at radius 2 is 1.78 bits per heavy atom. The lowest BCUT2D eigenvalue weighted by Crippen LogP contribution is -2.20. The first-order valence-corrected chi connectivity index (χ1v) is 10.3. The highest BCUT2D eigenvalue weighted by molar-refractivity contribution is 6.35. The third-order valence-corrected chi connectivity index (χ3v) is 5.84. The molecule has 8 heteroatoms. The molecule has 5 rings (SSSR count). The van der Waals surface area contributed by atoms with Crippen molar-refractivity contribution in [1.82, 2.24) is 9.97 Å². The van der Waals surface area contributed by atoms with Crippen molar-refractivity contribution in [1.29, 1.82) is 0 Å². The summed E-state index contributed by atoms with van der Waals surface area (Å²) in [7, 11) is 0. The molecule has 1 saturated carbocycles. The molecule has 0 unspecified atom stereocenters. The summed E-state index contributed by atoms with van der Waals surface area (Å²) in [6.45, 7) is 0. The van der Waals surface area contributed by atoms with Gasteiger partial charge in [0.25, 0.3) is 0 Å². The molecule has 0 saturated heterocycles. The Morgan fingerprint density at radius 3 is 2.44 bits per heavy atom. The Labute approximate surface area is 187 Å². The number of nitrogens with one attached hydrogen (secondary N) is 1. The van der Waals surface area contributed by atoms with E-state index in [2.05, 4.69) is 15.3 Å². The van der Waals surface area contributed by atoms with Gasteiger partial charge in [0.1, 0.15) is 17.4 Å². The van der Waals surface area contributed by atoms with Crippen LogP contribution in [0.4, 0.5) is 10.2 Å². The average Bonchev–Trinajstić information content (AvgIpc) is 3.58. The third kappa shape index (κ3) is 3.71. The van der Waals surface area contributed by atoms with E-state index < -0.39 is 5.97 Å². The van der Waals surface area contributed by atoms with E-state index in [0.717, 1.165) is 18.4 Å². The maximum atomic E-state index is 13.3. The number of carboxylic acid groups (broad SMARTS) is 1. The highest BCUT2D eigenvalue weighted by atomic mass is 35.5. The Hall–Kier alpha value is -3.71. The molecule has 2 aromatic heterocycles. The lowest BCUT2D eigenvalue weighted by Gasteiger charge is -2.21. The number of aromatic carboxylic acids is 1. The Kier molecular flexibility index (Phi) is 4.90. The normalized spacial score (nSPS) is 14.2. The van der Waals surface area contributed by atoms with Crippen molar-refractivity contribution in [3.63, 3.8) is 0 Å². The van der Waals surface area contributed by atoms with Crippen molar-refractivity contribution in [2.75, 3.05) is 5.32 Å². The predicted octanol–water partition coefficient (Wildman–Crippen LogP) is 6.01. The molecular formula is C24H17ClFN3O3. The van der Waals surface area contributed by atoms with E-state index in [0.29, 0.717) is 33.2 Å². The molecular weight excluding hydrogens is 433 g/mol. The zero-order valence-corrected chi connectivity index (χ0v) is 17.4. The van der Waals surface area contributed by atoms with Crippen LogP contribution < -0.4 is 10.1 Å². The number of pyridine rings is 2. The second-order valence-electron chi connectivity index (χ2n) is 7.64. The standard InChI is InChI=1S/C24H17ClFN3O3/c25-19-13-28-22(32-17-7-5-16(26)6-8-17)20-18(19)9-12-27-21(20)29-24(10-11-24)15-3-1-14(2-4-15)23(30)31/h1-9,12-13H,10-11H2,(H,27,29)(H,30,31). The minimum absolute atomic E-state index is 0.235. The first-order chi connectivity index (χ1) is 15.4. The molecule has 0 bridgehead atoms. The number of aromatic nitrogens is 2. The molecule has 0 atom stereocenters. The number of nitrogens with zero attached hydrogens (tertiary/aromatic N) is 2. The van der Waals surface area contributed by atoms with Crippen LogP contribution in [0.15, 0.2) is 67.0 Å². The SMILES string of the molecule is O=C(O)c1ccc(C2(Nc3nccc4c(Cl)cnc(Oc5ccc(F)cc5)c34)CC2)cc1. The van der Waals surface area contributed by atoms with Crippen LogP contribution in [0.1, 0.15) is 28.8 Å². The summed E-state index contributed by atoms with van der Waals surface area (Å²) in [6.07, 6.45) is 4.88. The second kappa shape index (κ2) is 7.76. The van der Waals surface area contributed by atoms with Gasteiger partial charge in [-0.25, -0.2) is 19.2 Å². The molecule has 1 fully saturated rings. The van der Waals surface area contributed by atoms with E-state index >= 15 is 0 Å². The summed E-state index contributed by atoms with van der Waals surface area (Å²) in [5.41, 5.74) is 0.837. The van der Waals surface area contributed by atoms with E-state index in [4.69, 9.17) is 21.4 Å². The number of anilines is 1. The highest BCUT2D eigenvalue weighted by Gasteiger charge is 2.45. The van der Waals surface area contributed by atoms with Crippen molar-refractivity contribution in [3.8, 4) is 11.6 Å². The van der Waals surface area contributed by atoms with Gasteiger partial charge in [-0.3, -0.25) is 0 Å². The Balaban J connectivity index is 1.54. The maximum absolute atomic E-state index is 13.3. The molecule has 32 heavy (non-hydrogen) atoms. The van der Waals surface area contributed by atoms with Gasteiger partial charge < -0.3 is 15.2 Å². The molecule has 2 N–H and O–H groups in total. The molecule has 1 aliphatic rings. The largest absolute Gasteiger partial charge is 0.478 e. The monoisotopic (exact) mass is 449 g/mol. The Morgan fingerprint density at radius 1 is 1.06 bits per heavy atom. The van der Waals surface area contributed by atoms with E-state index in [1.54, 1.807) is 24.4 Å². The quantitative estimate of drug-likeness (QED) is 0.375. The lowest BCUT2D eigenvalue weighted by atomic mass is 10.0. The topological polar surface area (TPSA) is 84.3 Å². The van der Waals surface area contributed by atoms with Gasteiger partial charge in [-0.05, 0) is 60.9 Å². The molecule has 1 aliphatic carbocycles. The van der Waals surface area contributed by atoms with Gasteiger partial charge in [-0.2, -0.15) is 0 Å². The summed E-state index contributed by atoms with van der Waals surface area (Å²) < 4.78 is 19.2. The summed E-state index contributed by atoms with van der Waals surface area (Å²) >= 11 is 6.40. The zero-order valence-electron chi connectivity index (χ0n) is 16.7. The van der Waals surface area contributed by atoms with Gasteiger partial charge in [-0.15, -0.1) is 0 Å². The van der Waals surface area contributed by atoms with Gasteiger partial charge in [0.15, 0.2) is 0 Å². The third-order valence-electron chi connectivity index (χ3n) is 5.54. The first-order valence-electron chi connectivity index (χ1n) is 9.94. The van der Waals surface area contributed by atoms with Crippen molar-refractivity contribution in [2.45, 2.75) is 18.4 Å². The summed E-state index contributed by atoms with van der Waals surface area (Å²) in [4.78, 5) is 20.0. The van der Waals surface area contributed by atoms with Crippen molar-refractivity contribution < 1.29 is 19.0 Å². The molecule has 0 aliphatic heterocycles. The number of carboxylic acids is 1. The summed E-state index contributed by atoms with van der Waals surface area (Å²) in [6, 6.07) is 14.3. The van der Waals surface area contributed by atoms with Crippen LogP contribution in [0.25, 0.3) is 10.8 Å². The fourth-order valence-corrected chi connectivity index (χ4v) is 3.89. The smallest absolute Gasteiger partial charge is 0.335 e. The molecule has 0 spiro atoms. The summed E-state index contributed by atoms with van der Waals surface area (Å²) in [5, 5.41) is 14.4. The molecule has 6 nitrogen and oxygen atoms in total. The van der Waals surface area contributed by atoms with E-state index in [1.165, 1.54) is 30.5 Å². The van der Waals surface area contributed by atoms with Gasteiger partial charge in [0.05, 0.1) is 27.7 Å². The van der Waals surface area contributed by atoms with Crippen LogP contribution in [-0.4, -0.2) is 21.0 Å². The molecule has 4 aromatic rings. The second-order valence-corrected chi connectivity index (χ2v) is 8.05. The molecule has 160 valence electrons. The number of ether oxygens (including phenoxy) is 1. The fourth-order valence-electron chi connectivity index (χ4n) is 3.68. The van der Waals surface area contributed by atoms with Crippen LogP contribution in [0, 0.1) is 5.82 Å². The molecule has 2 aromatic carbocycles. The van der Waals surface area contributed by atoms with Gasteiger partial charge in [0, 0.05) is 11.6 Å². The van der Waals surface area contributed by atoms with Gasteiger partial charge in [0.2, 0.25) is 5.88 Å². The van der Waals surface area contributed by atoms with Crippen LogP contribution >= 0.6 is 11.6 Å². The number of hydrogen-bond donors (Lipinski definition) is 2. The zero-order chi connectivity index (χ0) is 22.3. The van der Waals surface area contributed by atoms with Gasteiger partial charge in [-0.1, -0.05) is 23.7 Å². The van der Waals surface area contributed by atoms with Gasteiger partial charge >= 0.3 is 5.97 Å². The highest BCUT2D eigenvalue weighted by Crippen LogP contribution is 2.49. The maximum Gasteiger partial charge on any atom is 0.335 e. The number of halogens is 2. The van der Waals surface area contributed by atoms with Crippen molar-refractivity contribution in [3.05, 3.63) is 89.0 Å². The Bertz CT molecular complexity index is 1320. The average molecular weight is 450 g/mol. The van der Waals surface area contributed by atoms with Crippen LogP contribution in [-0.2, 0) is 5.54 Å².